The zero-order chi connectivity index (χ0) is 37.0. The van der Waals surface area contributed by atoms with Crippen LogP contribution in [0.25, 0.3) is 16.5 Å². The molecule has 7 rings (SSSR count). The van der Waals surface area contributed by atoms with Crippen molar-refractivity contribution in [3.05, 3.63) is 120 Å². The molecule has 1 fully saturated rings. The van der Waals surface area contributed by atoms with Crippen LogP contribution in [-0.2, 0) is 16.8 Å². The molecule has 0 aliphatic carbocycles. The number of carbonyl (C=O) groups excluding carboxylic acids is 2. The van der Waals surface area contributed by atoms with Crippen molar-refractivity contribution in [3.8, 4) is 11.4 Å². The molecule has 13 nitrogen and oxygen atoms in total. The molecule has 4 heterocycles. The number of amides is 3. The van der Waals surface area contributed by atoms with Crippen LogP contribution in [0.15, 0.2) is 97.5 Å². The largest absolute Gasteiger partial charge is 0.488 e. The molecule has 0 bridgehead atoms. The van der Waals surface area contributed by atoms with Crippen LogP contribution in [-0.4, -0.2) is 67.9 Å². The lowest BCUT2D eigenvalue weighted by Gasteiger charge is -2.26. The molecule has 0 spiro atoms. The first-order valence-electron chi connectivity index (χ1n) is 17.4. The monoisotopic (exact) mass is 711 g/mol. The van der Waals surface area contributed by atoms with E-state index in [0.29, 0.717) is 55.2 Å². The van der Waals surface area contributed by atoms with Crippen LogP contribution in [0.1, 0.15) is 48.1 Å². The minimum absolute atomic E-state index is 0.166. The smallest absolute Gasteiger partial charge is 0.324 e. The van der Waals surface area contributed by atoms with Crippen LogP contribution >= 0.6 is 0 Å². The van der Waals surface area contributed by atoms with Gasteiger partial charge in [0.05, 0.1) is 42.7 Å². The van der Waals surface area contributed by atoms with Gasteiger partial charge in [0.15, 0.2) is 0 Å². The quantitative estimate of drug-likeness (QED) is 0.141. The van der Waals surface area contributed by atoms with Gasteiger partial charge in [-0.25, -0.2) is 24.4 Å². The topological polar surface area (TPSA) is 148 Å². The minimum atomic E-state index is -0.391. The first-order valence-corrected chi connectivity index (χ1v) is 17.4. The molecular formula is C40H41N9O4. The Hall–Kier alpha value is -6.34. The van der Waals surface area contributed by atoms with Crippen molar-refractivity contribution < 1.29 is 19.1 Å². The first kappa shape index (κ1) is 35.1. The highest BCUT2D eigenvalue weighted by atomic mass is 16.5. The highest BCUT2D eigenvalue weighted by Crippen LogP contribution is 2.33. The molecule has 0 saturated carbocycles. The standard InChI is InChI=1S/C40H41N9O4/c1-26-9-11-28(12-10-26)49-37(22-34(47-49)40(2,3)4)46-39(51)44-31-13-14-33(30-8-6-5-7-29(30)31)53-25-27-15-16-41-35(21-27)45-36-24-42-32(23-43-36)38(50)48-17-19-52-20-18-48/h5-16,21-24H,17-20,25H2,1-4H3,(H,41,43,45)(H2,44,46,51). The number of benzene rings is 3. The summed E-state index contributed by atoms with van der Waals surface area (Å²) in [6.07, 6.45) is 4.66. The van der Waals surface area contributed by atoms with Crippen molar-refractivity contribution in [1.82, 2.24) is 29.6 Å². The molecule has 0 unspecified atom stereocenters. The van der Waals surface area contributed by atoms with Gasteiger partial charge in [0.25, 0.3) is 5.91 Å². The summed E-state index contributed by atoms with van der Waals surface area (Å²) < 4.78 is 13.4. The molecule has 6 aromatic rings. The molecule has 53 heavy (non-hydrogen) atoms. The van der Waals surface area contributed by atoms with E-state index in [9.17, 15) is 9.59 Å². The Kier molecular flexibility index (Phi) is 9.99. The van der Waals surface area contributed by atoms with Crippen LogP contribution in [0, 0.1) is 6.92 Å². The maximum Gasteiger partial charge on any atom is 0.324 e. The highest BCUT2D eigenvalue weighted by molar-refractivity contribution is 6.07. The van der Waals surface area contributed by atoms with Crippen molar-refractivity contribution in [3.63, 3.8) is 0 Å². The molecule has 3 N–H and O–H groups in total. The maximum atomic E-state index is 13.5. The minimum Gasteiger partial charge on any atom is -0.488 e. The van der Waals surface area contributed by atoms with Crippen molar-refractivity contribution in [2.45, 2.75) is 39.7 Å². The van der Waals surface area contributed by atoms with Crippen LogP contribution in [0.4, 0.5) is 27.9 Å². The molecule has 1 aliphatic heterocycles. The molecule has 0 atom stereocenters. The van der Waals surface area contributed by atoms with Gasteiger partial charge >= 0.3 is 6.03 Å². The number of aromatic nitrogens is 5. The third-order valence-corrected chi connectivity index (χ3v) is 8.77. The van der Waals surface area contributed by atoms with E-state index in [1.54, 1.807) is 15.8 Å². The molecule has 1 aliphatic rings. The average Bonchev–Trinajstić information content (AvgIpc) is 3.60. The molecular weight excluding hydrogens is 670 g/mol. The summed E-state index contributed by atoms with van der Waals surface area (Å²) in [5.41, 5.74) is 4.43. The molecule has 270 valence electrons. The first-order chi connectivity index (χ1) is 25.6. The number of aryl methyl sites for hydroxylation is 1. The fourth-order valence-electron chi connectivity index (χ4n) is 5.85. The van der Waals surface area contributed by atoms with E-state index in [-0.39, 0.29) is 23.6 Å². The Morgan fingerprint density at radius 3 is 2.36 bits per heavy atom. The molecule has 3 aromatic heterocycles. The van der Waals surface area contributed by atoms with Gasteiger partial charge in [-0.1, -0.05) is 62.7 Å². The zero-order valence-electron chi connectivity index (χ0n) is 30.1. The number of hydrogen-bond donors (Lipinski definition) is 3. The van der Waals surface area contributed by atoms with E-state index in [1.807, 2.05) is 85.8 Å². The number of ether oxygens (including phenoxy) is 2. The van der Waals surface area contributed by atoms with Crippen molar-refractivity contribution in [2.24, 2.45) is 0 Å². The van der Waals surface area contributed by atoms with Gasteiger partial charge in [0.2, 0.25) is 0 Å². The Bertz CT molecular complexity index is 2240. The maximum absolute atomic E-state index is 13.5. The van der Waals surface area contributed by atoms with Gasteiger partial charge in [-0.3, -0.25) is 10.1 Å². The summed E-state index contributed by atoms with van der Waals surface area (Å²) >= 11 is 0. The molecule has 13 heteroatoms. The van der Waals surface area contributed by atoms with E-state index in [1.165, 1.54) is 12.4 Å². The van der Waals surface area contributed by atoms with Crippen molar-refractivity contribution >= 4 is 45.9 Å². The Labute approximate surface area is 307 Å². The second kappa shape index (κ2) is 15.1. The van der Waals surface area contributed by atoms with Crippen LogP contribution in [0.2, 0.25) is 0 Å². The number of urea groups is 1. The van der Waals surface area contributed by atoms with E-state index < -0.39 is 6.03 Å². The third-order valence-electron chi connectivity index (χ3n) is 8.77. The number of anilines is 4. The number of hydrogen-bond acceptors (Lipinski definition) is 9. The van der Waals surface area contributed by atoms with Crippen LogP contribution in [0.3, 0.4) is 0 Å². The van der Waals surface area contributed by atoms with Gasteiger partial charge in [-0.2, -0.15) is 5.10 Å². The van der Waals surface area contributed by atoms with Gasteiger partial charge in [-0.15, -0.1) is 0 Å². The van der Waals surface area contributed by atoms with Crippen LogP contribution < -0.4 is 20.7 Å². The summed E-state index contributed by atoms with van der Waals surface area (Å²) in [4.78, 5) is 41.0. The SMILES string of the molecule is Cc1ccc(-n2nc(C(C)(C)C)cc2NC(=O)Nc2ccc(OCc3ccnc(Nc4cnc(C(=O)N5CCOCC5)cn4)c3)c3ccccc23)cc1. The number of pyridine rings is 1. The lowest BCUT2D eigenvalue weighted by Crippen LogP contribution is -2.41. The van der Waals surface area contributed by atoms with E-state index in [0.717, 1.165) is 33.3 Å². The number of fused-ring (bicyclic) bond motifs is 1. The number of carbonyl (C=O) groups is 2. The molecule has 3 aromatic carbocycles. The van der Waals surface area contributed by atoms with Gasteiger partial charge < -0.3 is 25.0 Å². The van der Waals surface area contributed by atoms with Gasteiger partial charge in [-0.05, 0) is 48.9 Å². The summed E-state index contributed by atoms with van der Waals surface area (Å²) in [6.45, 7) is 10.7. The number of nitrogens with one attached hydrogen (secondary N) is 3. The number of morpholine rings is 1. The summed E-state index contributed by atoms with van der Waals surface area (Å²) in [5, 5.41) is 15.7. The Morgan fingerprint density at radius 1 is 0.849 bits per heavy atom. The highest BCUT2D eigenvalue weighted by Gasteiger charge is 2.23. The fraction of sp³-hybridized carbons (Fsp3) is 0.250. The molecule has 3 amide bonds. The summed E-state index contributed by atoms with van der Waals surface area (Å²) in [7, 11) is 0. The molecule has 1 saturated heterocycles. The predicted molar refractivity (Wildman–Crippen MR) is 204 cm³/mol. The summed E-state index contributed by atoms with van der Waals surface area (Å²) in [6, 6.07) is 24.7. The van der Waals surface area contributed by atoms with Crippen molar-refractivity contribution in [2.75, 3.05) is 42.3 Å². The third kappa shape index (κ3) is 8.26. The Morgan fingerprint density at radius 2 is 1.62 bits per heavy atom. The van der Waals surface area contributed by atoms with Crippen LogP contribution in [0.5, 0.6) is 5.75 Å². The molecule has 0 radical (unpaired) electrons. The Balaban J connectivity index is 1.02. The summed E-state index contributed by atoms with van der Waals surface area (Å²) in [5.74, 6) is 2.08. The lowest BCUT2D eigenvalue weighted by molar-refractivity contribution is 0.0298. The average molecular weight is 712 g/mol. The van der Waals surface area contributed by atoms with E-state index >= 15 is 0 Å². The normalized spacial score (nSPS) is 13.1. The lowest BCUT2D eigenvalue weighted by atomic mass is 9.92. The second-order valence-corrected chi connectivity index (χ2v) is 13.8. The predicted octanol–water partition coefficient (Wildman–Crippen LogP) is 7.26. The van der Waals surface area contributed by atoms with E-state index in [2.05, 4.69) is 51.7 Å². The van der Waals surface area contributed by atoms with Gasteiger partial charge in [0.1, 0.15) is 35.5 Å². The second-order valence-electron chi connectivity index (χ2n) is 13.8. The zero-order valence-corrected chi connectivity index (χ0v) is 30.1. The van der Waals surface area contributed by atoms with Gasteiger partial charge in [0, 0.05) is 41.5 Å². The number of rotatable bonds is 9. The van der Waals surface area contributed by atoms with E-state index in [4.69, 9.17) is 14.6 Å². The number of nitrogens with zero attached hydrogens (tertiary/aromatic N) is 6. The fourth-order valence-corrected chi connectivity index (χ4v) is 5.85. The van der Waals surface area contributed by atoms with Crippen molar-refractivity contribution in [1.29, 1.82) is 0 Å².